The van der Waals surface area contributed by atoms with Gasteiger partial charge in [0.1, 0.15) is 17.0 Å². The molecule has 0 radical (unpaired) electrons. The third-order valence-corrected chi connectivity index (χ3v) is 3.75. The number of hydrogen-bond donors (Lipinski definition) is 2. The van der Waals surface area contributed by atoms with Crippen LogP contribution in [0.15, 0.2) is 34.9 Å². The largest absolute Gasteiger partial charge is 0.481 e. The molecule has 6 nitrogen and oxygen atoms in total. The first kappa shape index (κ1) is 16.7. The molecule has 1 heterocycles. The summed E-state index contributed by atoms with van der Waals surface area (Å²) in [4.78, 5) is 23.5. The Morgan fingerprint density at radius 1 is 1.26 bits per heavy atom. The van der Waals surface area contributed by atoms with E-state index in [2.05, 4.69) is 10.5 Å². The Labute approximate surface area is 134 Å². The number of carboxylic acid groups (broad SMARTS) is 1. The van der Waals surface area contributed by atoms with Gasteiger partial charge in [-0.15, -0.1) is 0 Å². The zero-order valence-electron chi connectivity index (χ0n) is 13.4. The highest BCUT2D eigenvalue weighted by Gasteiger charge is 2.27. The molecule has 23 heavy (non-hydrogen) atoms. The van der Waals surface area contributed by atoms with Crippen LogP contribution in [0.25, 0.3) is 11.3 Å². The summed E-state index contributed by atoms with van der Waals surface area (Å²) >= 11 is 0. The number of aryl methyl sites for hydroxylation is 1. The van der Waals surface area contributed by atoms with E-state index in [1.165, 1.54) is 0 Å². The lowest BCUT2D eigenvalue weighted by atomic mass is 9.89. The van der Waals surface area contributed by atoms with Crippen molar-refractivity contribution in [1.29, 1.82) is 0 Å². The first-order valence-electron chi connectivity index (χ1n) is 7.36. The zero-order chi connectivity index (χ0) is 17.0. The predicted molar refractivity (Wildman–Crippen MR) is 85.0 cm³/mol. The number of aliphatic carboxylic acids is 1. The van der Waals surface area contributed by atoms with Crippen LogP contribution in [-0.2, 0) is 4.79 Å². The molecule has 0 spiro atoms. The van der Waals surface area contributed by atoms with Gasteiger partial charge in [-0.1, -0.05) is 35.5 Å². The van der Waals surface area contributed by atoms with Crippen LogP contribution < -0.4 is 5.32 Å². The van der Waals surface area contributed by atoms with E-state index in [9.17, 15) is 9.59 Å². The Morgan fingerprint density at radius 3 is 2.52 bits per heavy atom. The monoisotopic (exact) mass is 316 g/mol. The van der Waals surface area contributed by atoms with Gasteiger partial charge in [0.15, 0.2) is 0 Å². The van der Waals surface area contributed by atoms with Crippen LogP contribution in [0.2, 0.25) is 0 Å². The molecule has 2 aromatic rings. The minimum absolute atomic E-state index is 0.261. The van der Waals surface area contributed by atoms with Crippen LogP contribution in [0.1, 0.15) is 36.4 Å². The molecule has 2 rings (SSSR count). The van der Waals surface area contributed by atoms with Gasteiger partial charge in [-0.05, 0) is 27.2 Å². The Hall–Kier alpha value is -2.63. The molecule has 0 aliphatic heterocycles. The van der Waals surface area contributed by atoms with Gasteiger partial charge in [0.2, 0.25) is 0 Å². The zero-order valence-corrected chi connectivity index (χ0v) is 13.4. The minimum atomic E-state index is -0.891. The molecule has 2 N–H and O–H groups in total. The van der Waals surface area contributed by atoms with Crippen molar-refractivity contribution in [3.63, 3.8) is 0 Å². The van der Waals surface area contributed by atoms with Crippen LogP contribution in [0.3, 0.4) is 0 Å². The van der Waals surface area contributed by atoms with Crippen molar-refractivity contribution in [2.75, 3.05) is 6.54 Å². The number of rotatable bonds is 6. The van der Waals surface area contributed by atoms with Crippen LogP contribution in [-0.4, -0.2) is 28.7 Å². The van der Waals surface area contributed by atoms with E-state index in [0.29, 0.717) is 23.4 Å². The second kappa shape index (κ2) is 6.64. The van der Waals surface area contributed by atoms with Gasteiger partial charge in [0.05, 0.1) is 5.41 Å². The number of amides is 1. The summed E-state index contributed by atoms with van der Waals surface area (Å²) in [5, 5.41) is 15.8. The van der Waals surface area contributed by atoms with Crippen molar-refractivity contribution >= 4 is 11.9 Å². The number of nitrogens with zero attached hydrogens (tertiary/aromatic N) is 1. The second-order valence-corrected chi connectivity index (χ2v) is 6.02. The summed E-state index contributed by atoms with van der Waals surface area (Å²) in [5.41, 5.74) is 0.766. The average molecular weight is 316 g/mol. The number of aromatic nitrogens is 1. The van der Waals surface area contributed by atoms with Gasteiger partial charge in [0, 0.05) is 12.1 Å². The predicted octanol–water partition coefficient (Wildman–Crippen LogP) is 2.88. The average Bonchev–Trinajstić information content (AvgIpc) is 2.89. The maximum atomic E-state index is 12.4. The van der Waals surface area contributed by atoms with Gasteiger partial charge in [0.25, 0.3) is 5.91 Å². The van der Waals surface area contributed by atoms with Gasteiger partial charge < -0.3 is 14.9 Å². The molecule has 1 amide bonds. The lowest BCUT2D eigenvalue weighted by molar-refractivity contribution is -0.147. The van der Waals surface area contributed by atoms with Gasteiger partial charge in [-0.25, -0.2) is 0 Å². The highest BCUT2D eigenvalue weighted by atomic mass is 16.5. The van der Waals surface area contributed by atoms with E-state index in [4.69, 9.17) is 9.63 Å². The number of carbonyl (C=O) groups excluding carboxylic acids is 1. The molecule has 6 heteroatoms. The molecule has 0 saturated heterocycles. The molecule has 0 aliphatic carbocycles. The third kappa shape index (κ3) is 3.77. The number of benzene rings is 1. The summed E-state index contributed by atoms with van der Waals surface area (Å²) in [6.45, 7) is 5.19. The lowest BCUT2D eigenvalue weighted by Gasteiger charge is -2.18. The summed E-state index contributed by atoms with van der Waals surface area (Å²) in [7, 11) is 0. The molecule has 1 aromatic carbocycles. The van der Waals surface area contributed by atoms with Crippen molar-refractivity contribution in [3.8, 4) is 11.3 Å². The molecule has 122 valence electrons. The van der Waals surface area contributed by atoms with E-state index in [-0.39, 0.29) is 12.5 Å². The lowest BCUT2D eigenvalue weighted by Crippen LogP contribution is -2.32. The van der Waals surface area contributed by atoms with Crippen molar-refractivity contribution in [2.45, 2.75) is 27.2 Å². The van der Waals surface area contributed by atoms with Crippen LogP contribution in [0.4, 0.5) is 0 Å². The third-order valence-electron chi connectivity index (χ3n) is 3.75. The van der Waals surface area contributed by atoms with E-state index in [1.54, 1.807) is 20.8 Å². The highest BCUT2D eigenvalue weighted by molar-refractivity contribution is 6.00. The van der Waals surface area contributed by atoms with Gasteiger partial charge in [-0.3, -0.25) is 9.59 Å². The van der Waals surface area contributed by atoms with E-state index < -0.39 is 11.4 Å². The van der Waals surface area contributed by atoms with E-state index >= 15 is 0 Å². The number of nitrogens with one attached hydrogen (secondary N) is 1. The molecule has 0 atom stereocenters. The van der Waals surface area contributed by atoms with Crippen molar-refractivity contribution in [3.05, 3.63) is 41.7 Å². The molecule has 0 bridgehead atoms. The topological polar surface area (TPSA) is 92.4 Å². The number of carbonyl (C=O) groups is 2. The van der Waals surface area contributed by atoms with Crippen molar-refractivity contribution < 1.29 is 19.2 Å². The summed E-state index contributed by atoms with van der Waals surface area (Å²) in [5.74, 6) is -0.777. The standard InChI is InChI=1S/C17H20N2O4/c1-11-13(14(19-23-11)12-7-5-4-6-8-12)15(20)18-10-9-17(2,3)16(21)22/h4-8H,9-10H2,1-3H3,(H,18,20)(H,21,22). The Balaban J connectivity index is 2.12. The molecule has 0 aliphatic rings. The minimum Gasteiger partial charge on any atom is -0.481 e. The normalized spacial score (nSPS) is 11.3. The molecular formula is C17H20N2O4. The first-order valence-corrected chi connectivity index (χ1v) is 7.36. The maximum Gasteiger partial charge on any atom is 0.309 e. The SMILES string of the molecule is Cc1onc(-c2ccccc2)c1C(=O)NCCC(C)(C)C(=O)O. The van der Waals surface area contributed by atoms with Crippen LogP contribution >= 0.6 is 0 Å². The fraction of sp³-hybridized carbons (Fsp3) is 0.353. The van der Waals surface area contributed by atoms with Gasteiger partial charge >= 0.3 is 5.97 Å². The smallest absolute Gasteiger partial charge is 0.309 e. The first-order chi connectivity index (χ1) is 10.8. The second-order valence-electron chi connectivity index (χ2n) is 6.02. The Morgan fingerprint density at radius 2 is 1.91 bits per heavy atom. The Kier molecular flexibility index (Phi) is 4.83. The van der Waals surface area contributed by atoms with Crippen LogP contribution in [0.5, 0.6) is 0 Å². The van der Waals surface area contributed by atoms with Crippen molar-refractivity contribution in [2.24, 2.45) is 5.41 Å². The summed E-state index contributed by atoms with van der Waals surface area (Å²) in [6.07, 6.45) is 0.332. The maximum absolute atomic E-state index is 12.4. The van der Waals surface area contributed by atoms with E-state index in [1.807, 2.05) is 30.3 Å². The fourth-order valence-electron chi connectivity index (χ4n) is 2.12. The summed E-state index contributed by atoms with van der Waals surface area (Å²) < 4.78 is 5.15. The highest BCUT2D eigenvalue weighted by Crippen LogP contribution is 2.25. The van der Waals surface area contributed by atoms with Gasteiger partial charge in [-0.2, -0.15) is 0 Å². The fourth-order valence-corrected chi connectivity index (χ4v) is 2.12. The molecule has 0 fully saturated rings. The molecule has 1 aromatic heterocycles. The quantitative estimate of drug-likeness (QED) is 0.855. The Bertz CT molecular complexity index is 705. The summed E-state index contributed by atoms with van der Waals surface area (Å²) in [6, 6.07) is 9.29. The van der Waals surface area contributed by atoms with Crippen LogP contribution in [0, 0.1) is 12.3 Å². The number of carboxylic acids is 1. The molecular weight excluding hydrogens is 296 g/mol. The number of hydrogen-bond acceptors (Lipinski definition) is 4. The molecule has 0 saturated carbocycles. The van der Waals surface area contributed by atoms with Crippen molar-refractivity contribution in [1.82, 2.24) is 10.5 Å². The van der Waals surface area contributed by atoms with E-state index in [0.717, 1.165) is 5.56 Å². The molecule has 0 unspecified atom stereocenters.